The Balaban J connectivity index is 1.04. The lowest BCUT2D eigenvalue weighted by atomic mass is 9.30. The van der Waals surface area contributed by atoms with E-state index in [1.807, 2.05) is 103 Å². The predicted octanol–water partition coefficient (Wildman–Crippen LogP) is 25.0. The molecule has 5 nitrogen and oxygen atoms in total. The molecule has 4 atom stereocenters. The van der Waals surface area contributed by atoms with Gasteiger partial charge in [0.05, 0.1) is 51.8 Å². The minimum Gasteiger partial charge on any atom is -0.459 e. The number of rotatable bonds is 10. The zero-order valence-electron chi connectivity index (χ0n) is 83.3. The van der Waals surface area contributed by atoms with Crippen LogP contribution in [0.3, 0.4) is 0 Å². The Bertz CT molecular complexity index is 7210. The minimum absolute atomic E-state index is 0.000317. The van der Waals surface area contributed by atoms with Crippen molar-refractivity contribution in [1.82, 2.24) is 4.57 Å². The highest BCUT2D eigenvalue weighted by Gasteiger charge is 2.55. The van der Waals surface area contributed by atoms with Crippen LogP contribution in [0.5, 0.6) is 23.0 Å². The van der Waals surface area contributed by atoms with E-state index in [-0.39, 0.29) is 143 Å². The van der Waals surface area contributed by atoms with E-state index in [0.717, 1.165) is 77.5 Å². The van der Waals surface area contributed by atoms with Crippen LogP contribution in [0, 0.1) is 23.2 Å². The van der Waals surface area contributed by atoms with Gasteiger partial charge in [-0.15, -0.1) is 0 Å². The number of benzene rings is 13. The lowest BCUT2D eigenvalue weighted by molar-refractivity contribution is 0.220. The summed E-state index contributed by atoms with van der Waals surface area (Å²) in [6.45, 7) is 17.2. The molecule has 0 fully saturated rings. The predicted molar refractivity (Wildman–Crippen MR) is 487 cm³/mol. The fourth-order valence-electron chi connectivity index (χ4n) is 19.6. The first kappa shape index (κ1) is 54.8. The van der Waals surface area contributed by atoms with E-state index in [2.05, 4.69) is 145 Å². The van der Waals surface area contributed by atoms with Gasteiger partial charge in [0.15, 0.2) is 0 Å². The maximum absolute atomic E-state index is 12.3. The summed E-state index contributed by atoms with van der Waals surface area (Å²) < 4.78 is 195. The van der Waals surface area contributed by atoms with Crippen molar-refractivity contribution in [2.24, 2.45) is 23.2 Å². The number of allylic oxidation sites excluding steroid dienone is 4. The lowest BCUT2D eigenvalue weighted by Gasteiger charge is -2.53. The van der Waals surface area contributed by atoms with Crippen LogP contribution in [0.2, 0.25) is 0 Å². The van der Waals surface area contributed by atoms with Crippen molar-refractivity contribution in [3.8, 4) is 84.3 Å². The Morgan fingerprint density at radius 1 is 0.461 bits per heavy atom. The van der Waals surface area contributed by atoms with Crippen molar-refractivity contribution in [1.29, 1.82) is 0 Å². The van der Waals surface area contributed by atoms with Gasteiger partial charge in [0.1, 0.15) is 23.0 Å². The molecule has 0 saturated heterocycles. The quantitative estimate of drug-likeness (QED) is 0.101. The van der Waals surface area contributed by atoms with E-state index in [1.165, 1.54) is 10.1 Å². The van der Waals surface area contributed by atoms with E-state index < -0.39 is 103 Å². The molecule has 13 aromatic carbocycles. The van der Waals surface area contributed by atoms with Crippen molar-refractivity contribution < 1.29 is 32.8 Å². The number of fused-ring (bicyclic) bond motifs is 12. The molecule has 562 valence electrons. The molecule has 0 N–H and O–H groups in total. The van der Waals surface area contributed by atoms with Crippen molar-refractivity contribution in [2.75, 3.05) is 9.80 Å². The van der Waals surface area contributed by atoms with Gasteiger partial charge in [0, 0.05) is 61.6 Å². The third-order valence-electron chi connectivity index (χ3n) is 25.3. The van der Waals surface area contributed by atoms with Gasteiger partial charge in [-0.1, -0.05) is 310 Å². The molecule has 0 saturated carbocycles. The molecule has 7 aliphatic rings. The molecule has 0 spiro atoms. The van der Waals surface area contributed by atoms with Gasteiger partial charge in [-0.3, -0.25) is 0 Å². The van der Waals surface area contributed by atoms with E-state index in [4.69, 9.17) is 9.47 Å². The molecule has 7 heteroatoms. The van der Waals surface area contributed by atoms with Crippen LogP contribution in [-0.2, 0) is 10.8 Å². The topological polar surface area (TPSA) is 29.9 Å². The molecule has 14 aromatic rings. The van der Waals surface area contributed by atoms with E-state index in [0.29, 0.717) is 68.8 Å². The van der Waals surface area contributed by atoms with Crippen LogP contribution in [0.15, 0.2) is 314 Å². The number of para-hydroxylation sites is 2. The smallest absolute Gasteiger partial charge is 0.260 e. The maximum atomic E-state index is 12.3. The van der Waals surface area contributed by atoms with Gasteiger partial charge >= 0.3 is 0 Å². The largest absolute Gasteiger partial charge is 0.459 e. The van der Waals surface area contributed by atoms with Crippen molar-refractivity contribution in [2.45, 2.75) is 131 Å². The van der Waals surface area contributed by atoms with Crippen LogP contribution >= 0.6 is 0 Å². The van der Waals surface area contributed by atoms with Crippen LogP contribution in [0.25, 0.3) is 83.1 Å². The van der Waals surface area contributed by atoms with Gasteiger partial charge in [-0.2, -0.15) is 0 Å². The molecular formula is C108H97B2N3O2. The summed E-state index contributed by atoms with van der Waals surface area (Å²) in [5, 5.41) is -0.524. The summed E-state index contributed by atoms with van der Waals surface area (Å²) in [6, 6.07) is 48.2. The number of hydrogen-bond donors (Lipinski definition) is 0. The zero-order valence-corrected chi connectivity index (χ0v) is 66.3. The van der Waals surface area contributed by atoms with E-state index in [1.54, 1.807) is 24.3 Å². The Kier molecular flexibility index (Phi) is 13.1. The maximum Gasteiger partial charge on any atom is 0.260 e. The standard InChI is InChI=1S/C108H97B2N3O2/c1-106(2,3)77-61-83(70-39-21-12-22-40-70)101(84(62-77)71-41-23-13-24-42-71)112-92-67-80(111-90-51-33-31-49-81(90)82-50-32-34-52-91(82)111)55-56-87(92)110-98-93(112)65-79(108(7,8)9)66-94(98)113(102-85(72-43-25-14-26-44-72)63-78(107(4,5)6)64-86(102)73-45-27-15-28-46-73)103-97(74-47-29-16-30-48-74)104-100-105(99(103)110)115-96-58-54-76(69-37-19-11-20-38-69)60-89(96)109(100)88-59-75(53-57-95(88)114-104)68-35-17-10-18-36-68/h10-12,14-21,25-38,41,43-61,63-67,70,77,84,101H,13,22-24,39-40,42,62H2,1-9H3/i31D,32D,33D,34D,49D,50D,51D,52D,53D,54D,55D,56D,57D,58D,59D,60D,67D. The number of anilines is 5. The summed E-state index contributed by atoms with van der Waals surface area (Å²) >= 11 is 0. The van der Waals surface area contributed by atoms with Crippen LogP contribution < -0.4 is 52.1 Å². The SMILES string of the molecule is [2H]c1c([2H])c(-c2ccccc2)c([2H])c2c1Oc1c3c(c(-c4ccccc4)c4c1B1c5c(cc(C(C)(C)C)cc5N(C5C(C6CC=CCC6)=CC(C(C)(C)C)CC5C5=CCCCC5)c5c([2H])c(-n6c7c([2H])c([2H])c([2H])c([2H])c7c7c([2H])c([2H])c([2H])c([2H])c76)c([2H])c([2H])c51)N4c1c(-c4ccccc4)cc(C(C)(C)C)cc1-c1ccccc1)Oc1c([2H])c([2H])c(-c4ccccc4)c([2H])c1B23. The number of aromatic nitrogens is 1. The Morgan fingerprint density at radius 2 is 1.01 bits per heavy atom. The third kappa shape index (κ3) is 11.8. The minimum atomic E-state index is -1.41. The molecule has 4 unspecified atom stereocenters. The Labute approximate surface area is 703 Å². The first-order chi connectivity index (χ1) is 63.1. The molecule has 0 bridgehead atoms. The highest BCUT2D eigenvalue weighted by molar-refractivity contribution is 7.03. The Morgan fingerprint density at radius 3 is 1.56 bits per heavy atom. The molecule has 115 heavy (non-hydrogen) atoms. The fraction of sp³-hybridized carbons (Fsp3) is 0.222. The second-order valence-electron chi connectivity index (χ2n) is 35.3. The highest BCUT2D eigenvalue weighted by atomic mass is 16.5. The summed E-state index contributed by atoms with van der Waals surface area (Å²) in [5.74, 6) is -0.617. The van der Waals surface area contributed by atoms with Gasteiger partial charge in [-0.05, 0) is 223 Å². The van der Waals surface area contributed by atoms with Crippen LogP contribution in [0.4, 0.5) is 28.4 Å². The van der Waals surface area contributed by atoms with Crippen molar-refractivity contribution in [3.63, 3.8) is 0 Å². The zero-order chi connectivity index (χ0) is 92.5. The average molecular weight is 1510 g/mol. The summed E-state index contributed by atoms with van der Waals surface area (Å²) in [4.78, 5) is 4.66. The molecule has 0 amide bonds. The first-order valence-electron chi connectivity index (χ1n) is 49.4. The molecule has 1 aromatic heterocycles. The number of nitrogens with zero attached hydrogens (tertiary/aromatic N) is 3. The summed E-state index contributed by atoms with van der Waals surface area (Å²) in [5.41, 5.74) is 11.0. The van der Waals surface area contributed by atoms with E-state index >= 15 is 0 Å². The number of ether oxygens (including phenoxy) is 2. The van der Waals surface area contributed by atoms with Gasteiger partial charge in [-0.25, -0.2) is 0 Å². The molecule has 4 aliphatic heterocycles. The third-order valence-corrected chi connectivity index (χ3v) is 25.3. The molecule has 5 heterocycles. The van der Waals surface area contributed by atoms with E-state index in [9.17, 15) is 23.3 Å². The second kappa shape index (κ2) is 27.5. The van der Waals surface area contributed by atoms with Crippen LogP contribution in [-0.4, -0.2) is 24.0 Å². The van der Waals surface area contributed by atoms with Gasteiger partial charge in [0.25, 0.3) is 13.4 Å². The van der Waals surface area contributed by atoms with Crippen molar-refractivity contribution >= 4 is 96.4 Å². The van der Waals surface area contributed by atoms with Gasteiger partial charge < -0.3 is 23.8 Å². The number of hydrogen-bond acceptors (Lipinski definition) is 4. The lowest BCUT2D eigenvalue weighted by Crippen LogP contribution is -2.66. The average Bonchev–Trinajstić information content (AvgIpc) is 0.735. The monoisotopic (exact) mass is 1510 g/mol. The summed E-state index contributed by atoms with van der Waals surface area (Å²) in [7, 11) is 0. The van der Waals surface area contributed by atoms with Crippen molar-refractivity contribution in [3.05, 3.63) is 325 Å². The fourth-order valence-corrected chi connectivity index (χ4v) is 19.6. The first-order valence-corrected chi connectivity index (χ1v) is 40.9. The molecule has 0 radical (unpaired) electrons. The molecule has 21 rings (SSSR count). The Hall–Kier alpha value is -11.8. The highest BCUT2D eigenvalue weighted by Crippen LogP contribution is 2.59. The summed E-state index contributed by atoms with van der Waals surface area (Å²) in [6.07, 6.45) is 15.8. The molecular weight excluding hydrogens is 1390 g/mol. The molecule has 3 aliphatic carbocycles. The normalized spacial score (nSPS) is 20.1. The second-order valence-corrected chi connectivity index (χ2v) is 35.3. The van der Waals surface area contributed by atoms with Gasteiger partial charge in [0.2, 0.25) is 0 Å². The van der Waals surface area contributed by atoms with Crippen LogP contribution in [0.1, 0.15) is 148 Å².